The molecule has 1 aliphatic heterocycles. The molecule has 2 aromatic carbocycles. The highest BCUT2D eigenvalue weighted by atomic mass is 32.2. The van der Waals surface area contributed by atoms with E-state index in [4.69, 9.17) is 8.83 Å². The molecule has 0 bridgehead atoms. The molecule has 2 aromatic heterocycles. The van der Waals surface area contributed by atoms with Crippen molar-refractivity contribution in [3.63, 3.8) is 0 Å². The molecule has 2 unspecified atom stereocenters. The zero-order valence-electron chi connectivity index (χ0n) is 19.3. The van der Waals surface area contributed by atoms with Crippen LogP contribution in [0.5, 0.6) is 0 Å². The number of carbonyl (C=O) groups excluding carboxylic acids is 1. The third kappa shape index (κ3) is 4.78. The zero-order valence-corrected chi connectivity index (χ0v) is 20.2. The van der Waals surface area contributed by atoms with Crippen molar-refractivity contribution in [2.24, 2.45) is 5.10 Å². The highest BCUT2D eigenvalue weighted by Gasteiger charge is 2.36. The number of hydrogen-bond donors (Lipinski definition) is 1. The van der Waals surface area contributed by atoms with E-state index in [1.807, 2.05) is 43.3 Å². The zero-order chi connectivity index (χ0) is 24.6. The molecule has 0 fully saturated rings. The molecule has 1 N–H and O–H groups in total. The maximum atomic E-state index is 13.2. The van der Waals surface area contributed by atoms with E-state index in [0.717, 1.165) is 16.5 Å². The second kappa shape index (κ2) is 9.16. The van der Waals surface area contributed by atoms with Crippen LogP contribution in [0.25, 0.3) is 11.0 Å². The van der Waals surface area contributed by atoms with E-state index in [1.165, 1.54) is 11.3 Å². The Morgan fingerprint density at radius 3 is 2.60 bits per heavy atom. The molecule has 1 aliphatic rings. The lowest BCUT2D eigenvalue weighted by Crippen LogP contribution is -2.36. The fourth-order valence-corrected chi connectivity index (χ4v) is 4.79. The average molecular weight is 492 g/mol. The number of fused-ring (bicyclic) bond motifs is 1. The summed E-state index contributed by atoms with van der Waals surface area (Å²) in [7, 11) is -3.26. The van der Waals surface area contributed by atoms with Crippen molar-refractivity contribution in [2.45, 2.75) is 30.3 Å². The van der Waals surface area contributed by atoms with Gasteiger partial charge in [0.2, 0.25) is 0 Å². The molecule has 1 amide bonds. The highest BCUT2D eigenvalue weighted by Crippen LogP contribution is 2.34. The van der Waals surface area contributed by atoms with Gasteiger partial charge in [0.25, 0.3) is 5.91 Å². The SMILES string of the molecule is CC(NCC(=O)N1N=C(c2cc3ccccc3o2)CC1c1ccco1)c1ccc(S(C)(=O)=O)cc1. The molecule has 3 heterocycles. The van der Waals surface area contributed by atoms with Crippen molar-refractivity contribution >= 4 is 32.4 Å². The number of rotatable bonds is 7. The minimum absolute atomic E-state index is 0.0448. The van der Waals surface area contributed by atoms with Gasteiger partial charge in [-0.15, -0.1) is 0 Å². The summed E-state index contributed by atoms with van der Waals surface area (Å²) in [4.78, 5) is 13.5. The quantitative estimate of drug-likeness (QED) is 0.409. The second-order valence-electron chi connectivity index (χ2n) is 8.61. The van der Waals surface area contributed by atoms with Crippen LogP contribution in [0.15, 0.2) is 91.8 Å². The number of sulfone groups is 1. The maximum Gasteiger partial charge on any atom is 0.257 e. The van der Waals surface area contributed by atoms with E-state index in [2.05, 4.69) is 10.4 Å². The first-order valence-corrected chi connectivity index (χ1v) is 13.1. The van der Waals surface area contributed by atoms with Crippen LogP contribution in [0.2, 0.25) is 0 Å². The first-order valence-electron chi connectivity index (χ1n) is 11.2. The third-order valence-electron chi connectivity index (χ3n) is 6.12. The molecule has 0 saturated carbocycles. The Hall–Kier alpha value is -3.69. The number of carbonyl (C=O) groups is 1. The van der Waals surface area contributed by atoms with Crippen LogP contribution in [0.1, 0.15) is 42.5 Å². The van der Waals surface area contributed by atoms with Gasteiger partial charge in [-0.2, -0.15) is 5.10 Å². The standard InChI is InChI=1S/C26H25N3O5S/c1-17(18-9-11-20(12-10-18)35(2,31)32)27-16-26(30)29-22(24-8-5-13-33-24)15-21(28-29)25-14-19-6-3-4-7-23(19)34-25/h3-14,17,22,27H,15-16H2,1-2H3. The Labute approximate surface area is 203 Å². The monoisotopic (exact) mass is 491 g/mol. The van der Waals surface area contributed by atoms with Gasteiger partial charge in [0, 0.05) is 24.1 Å². The largest absolute Gasteiger partial charge is 0.467 e. The first-order chi connectivity index (χ1) is 16.8. The van der Waals surface area contributed by atoms with Crippen molar-refractivity contribution in [1.82, 2.24) is 10.3 Å². The molecule has 8 nitrogen and oxygen atoms in total. The summed E-state index contributed by atoms with van der Waals surface area (Å²) in [5, 5.41) is 10.3. The lowest BCUT2D eigenvalue weighted by molar-refractivity contribution is -0.132. The molecule has 35 heavy (non-hydrogen) atoms. The maximum absolute atomic E-state index is 13.2. The average Bonchev–Trinajstić information content (AvgIpc) is 3.60. The molecule has 0 radical (unpaired) electrons. The molecule has 4 aromatic rings. The number of benzene rings is 2. The van der Waals surface area contributed by atoms with E-state index in [9.17, 15) is 13.2 Å². The Morgan fingerprint density at radius 2 is 1.91 bits per heavy atom. The fraction of sp³-hybridized carbons (Fsp3) is 0.231. The lowest BCUT2D eigenvalue weighted by Gasteiger charge is -2.21. The Bertz CT molecular complexity index is 1450. The first kappa shape index (κ1) is 23.1. The molecule has 5 rings (SSSR count). The predicted molar refractivity (Wildman–Crippen MR) is 132 cm³/mol. The van der Waals surface area contributed by atoms with Gasteiger partial charge in [-0.1, -0.05) is 30.3 Å². The van der Waals surface area contributed by atoms with Crippen LogP contribution in [-0.4, -0.2) is 37.8 Å². The van der Waals surface area contributed by atoms with Crippen molar-refractivity contribution in [2.75, 3.05) is 12.8 Å². The molecule has 0 saturated heterocycles. The normalized spacial score (nSPS) is 17.0. The lowest BCUT2D eigenvalue weighted by atomic mass is 10.1. The van der Waals surface area contributed by atoms with Gasteiger partial charge < -0.3 is 14.2 Å². The van der Waals surface area contributed by atoms with Crippen LogP contribution >= 0.6 is 0 Å². The van der Waals surface area contributed by atoms with E-state index in [0.29, 0.717) is 23.7 Å². The molecular weight excluding hydrogens is 466 g/mol. The Balaban J connectivity index is 1.33. The van der Waals surface area contributed by atoms with Crippen LogP contribution in [-0.2, 0) is 14.6 Å². The third-order valence-corrected chi connectivity index (χ3v) is 7.24. The predicted octanol–water partition coefficient (Wildman–Crippen LogP) is 4.46. The van der Waals surface area contributed by atoms with Gasteiger partial charge in [0.15, 0.2) is 15.6 Å². The molecule has 180 valence electrons. The molecule has 2 atom stereocenters. The van der Waals surface area contributed by atoms with E-state index >= 15 is 0 Å². The topological polar surface area (TPSA) is 105 Å². The minimum Gasteiger partial charge on any atom is -0.467 e. The highest BCUT2D eigenvalue weighted by molar-refractivity contribution is 7.90. The summed E-state index contributed by atoms with van der Waals surface area (Å²) in [6, 6.07) is 19.4. The van der Waals surface area contributed by atoms with E-state index in [-0.39, 0.29) is 29.4 Å². The molecule has 9 heteroatoms. The summed E-state index contributed by atoms with van der Waals surface area (Å²) < 4.78 is 35.0. The van der Waals surface area contributed by atoms with Crippen molar-refractivity contribution in [3.8, 4) is 0 Å². The summed E-state index contributed by atoms with van der Waals surface area (Å²) in [6.07, 6.45) is 3.23. The van der Waals surface area contributed by atoms with Crippen molar-refractivity contribution in [3.05, 3.63) is 90.1 Å². The second-order valence-corrected chi connectivity index (χ2v) is 10.6. The van der Waals surface area contributed by atoms with Crippen LogP contribution in [0.3, 0.4) is 0 Å². The Kier molecular flexibility index (Phi) is 6.04. The number of nitrogens with zero attached hydrogens (tertiary/aromatic N) is 2. The van der Waals surface area contributed by atoms with Gasteiger partial charge in [0.05, 0.1) is 17.7 Å². The molecular formula is C26H25N3O5S. The number of amides is 1. The number of furan rings is 2. The molecule has 0 spiro atoms. The van der Waals surface area contributed by atoms with E-state index < -0.39 is 9.84 Å². The van der Waals surface area contributed by atoms with Crippen LogP contribution in [0.4, 0.5) is 0 Å². The van der Waals surface area contributed by atoms with Crippen molar-refractivity contribution < 1.29 is 22.0 Å². The van der Waals surface area contributed by atoms with Crippen LogP contribution in [0, 0.1) is 0 Å². The smallest absolute Gasteiger partial charge is 0.257 e. The summed E-state index contributed by atoms with van der Waals surface area (Å²) >= 11 is 0. The van der Waals surface area contributed by atoms with Gasteiger partial charge in [0.1, 0.15) is 23.1 Å². The van der Waals surface area contributed by atoms with Crippen LogP contribution < -0.4 is 5.32 Å². The van der Waals surface area contributed by atoms with E-state index in [1.54, 1.807) is 36.6 Å². The number of nitrogens with one attached hydrogen (secondary N) is 1. The van der Waals surface area contributed by atoms with Crippen molar-refractivity contribution in [1.29, 1.82) is 0 Å². The number of para-hydroxylation sites is 1. The van der Waals surface area contributed by atoms with Gasteiger partial charge in [-0.05, 0) is 48.9 Å². The summed E-state index contributed by atoms with van der Waals surface area (Å²) in [5.74, 6) is 1.07. The van der Waals surface area contributed by atoms with Gasteiger partial charge >= 0.3 is 0 Å². The number of hydrogen-bond acceptors (Lipinski definition) is 7. The Morgan fingerprint density at radius 1 is 1.14 bits per heavy atom. The summed E-state index contributed by atoms with van der Waals surface area (Å²) in [6.45, 7) is 1.96. The fourth-order valence-electron chi connectivity index (χ4n) is 4.16. The summed E-state index contributed by atoms with van der Waals surface area (Å²) in [5.41, 5.74) is 2.32. The molecule has 0 aliphatic carbocycles. The van der Waals surface area contributed by atoms with Gasteiger partial charge in [-0.3, -0.25) is 4.79 Å². The number of hydrazone groups is 1. The van der Waals surface area contributed by atoms with Gasteiger partial charge in [-0.25, -0.2) is 13.4 Å². The minimum atomic E-state index is -3.26.